The lowest BCUT2D eigenvalue weighted by Gasteiger charge is -2.14. The van der Waals surface area contributed by atoms with Crippen molar-refractivity contribution in [2.45, 2.75) is 64.3 Å². The number of hydrogen-bond acceptors (Lipinski definition) is 3. The molecule has 110 valence electrons. The Morgan fingerprint density at radius 1 is 1.16 bits per heavy atom. The van der Waals surface area contributed by atoms with Crippen molar-refractivity contribution >= 4 is 11.3 Å². The molecule has 0 radical (unpaired) electrons. The predicted molar refractivity (Wildman–Crippen MR) is 85.3 cm³/mol. The number of rotatable bonds is 11. The van der Waals surface area contributed by atoms with E-state index in [1.807, 2.05) is 0 Å². The minimum atomic E-state index is 0.490. The fraction of sp³-hybridized carbons (Fsp3) is 0.750. The van der Waals surface area contributed by atoms with Gasteiger partial charge in [-0.25, -0.2) is 0 Å². The molecule has 0 spiro atoms. The molecule has 0 saturated heterocycles. The van der Waals surface area contributed by atoms with Gasteiger partial charge in [0.2, 0.25) is 0 Å². The minimum Gasteiger partial charge on any atom is -0.496 e. The van der Waals surface area contributed by atoms with E-state index in [0.717, 1.165) is 5.75 Å². The maximum absolute atomic E-state index is 5.25. The van der Waals surface area contributed by atoms with Gasteiger partial charge in [-0.2, -0.15) is 0 Å². The van der Waals surface area contributed by atoms with Crippen LogP contribution in [0, 0.1) is 0 Å². The Labute approximate surface area is 122 Å². The summed E-state index contributed by atoms with van der Waals surface area (Å²) in [6.07, 6.45) is 10.9. The number of hydrogen-bond donors (Lipinski definition) is 1. The summed E-state index contributed by atoms with van der Waals surface area (Å²) in [5.74, 6) is 0.986. The van der Waals surface area contributed by atoms with Crippen LogP contribution in [-0.2, 0) is 0 Å². The quantitative estimate of drug-likeness (QED) is 0.566. The SMILES string of the molecule is CCCCCCCCCC(NC)c1cc(OC)cs1. The Morgan fingerprint density at radius 3 is 2.42 bits per heavy atom. The molecule has 1 unspecified atom stereocenters. The van der Waals surface area contributed by atoms with E-state index >= 15 is 0 Å². The molecule has 0 bridgehead atoms. The van der Waals surface area contributed by atoms with Crippen molar-refractivity contribution in [3.8, 4) is 5.75 Å². The molecule has 1 atom stereocenters. The van der Waals surface area contributed by atoms with E-state index in [2.05, 4.69) is 30.7 Å². The maximum Gasteiger partial charge on any atom is 0.129 e. The topological polar surface area (TPSA) is 21.3 Å². The van der Waals surface area contributed by atoms with Crippen molar-refractivity contribution < 1.29 is 4.74 Å². The second-order valence-electron chi connectivity index (χ2n) is 5.14. The molecule has 1 aromatic heterocycles. The van der Waals surface area contributed by atoms with Crippen LogP contribution in [0.3, 0.4) is 0 Å². The normalized spacial score (nSPS) is 12.6. The van der Waals surface area contributed by atoms with Crippen LogP contribution in [-0.4, -0.2) is 14.2 Å². The Kier molecular flexibility index (Phi) is 8.93. The first-order valence-corrected chi connectivity index (χ1v) is 8.49. The molecule has 0 aliphatic heterocycles. The van der Waals surface area contributed by atoms with Gasteiger partial charge in [-0.3, -0.25) is 0 Å². The highest BCUT2D eigenvalue weighted by atomic mass is 32.1. The number of thiophene rings is 1. The van der Waals surface area contributed by atoms with Crippen LogP contribution >= 0.6 is 11.3 Å². The lowest BCUT2D eigenvalue weighted by atomic mass is 10.0. The molecule has 0 amide bonds. The lowest BCUT2D eigenvalue weighted by Crippen LogP contribution is -2.14. The van der Waals surface area contributed by atoms with Crippen LogP contribution in [0.1, 0.15) is 69.2 Å². The Balaban J connectivity index is 2.18. The van der Waals surface area contributed by atoms with E-state index in [1.165, 1.54) is 56.2 Å². The molecule has 0 saturated carbocycles. The highest BCUT2D eigenvalue weighted by Gasteiger charge is 2.11. The Bertz CT molecular complexity index is 324. The summed E-state index contributed by atoms with van der Waals surface area (Å²) in [7, 11) is 3.79. The second kappa shape index (κ2) is 10.3. The molecule has 19 heavy (non-hydrogen) atoms. The first kappa shape index (κ1) is 16.5. The first-order valence-electron chi connectivity index (χ1n) is 7.61. The summed E-state index contributed by atoms with van der Waals surface area (Å²) in [4.78, 5) is 1.39. The van der Waals surface area contributed by atoms with Gasteiger partial charge in [0.1, 0.15) is 5.75 Å². The molecule has 0 aliphatic rings. The van der Waals surface area contributed by atoms with Crippen LogP contribution in [0.4, 0.5) is 0 Å². The smallest absolute Gasteiger partial charge is 0.129 e. The van der Waals surface area contributed by atoms with Crippen molar-refractivity contribution in [1.82, 2.24) is 5.32 Å². The van der Waals surface area contributed by atoms with Crippen LogP contribution < -0.4 is 10.1 Å². The largest absolute Gasteiger partial charge is 0.496 e. The van der Waals surface area contributed by atoms with Crippen molar-refractivity contribution in [1.29, 1.82) is 0 Å². The summed E-state index contributed by atoms with van der Waals surface area (Å²) in [5, 5.41) is 5.51. The summed E-state index contributed by atoms with van der Waals surface area (Å²) in [5.41, 5.74) is 0. The average molecular weight is 283 g/mol. The highest BCUT2D eigenvalue weighted by molar-refractivity contribution is 7.10. The third kappa shape index (κ3) is 6.44. The molecule has 1 aromatic rings. The summed E-state index contributed by atoms with van der Waals surface area (Å²) < 4.78 is 5.25. The van der Waals surface area contributed by atoms with Gasteiger partial charge in [-0.1, -0.05) is 51.9 Å². The zero-order valence-electron chi connectivity index (χ0n) is 12.7. The average Bonchev–Trinajstić information content (AvgIpc) is 2.91. The number of ether oxygens (including phenoxy) is 1. The molecule has 0 aromatic carbocycles. The fourth-order valence-corrected chi connectivity index (χ4v) is 3.36. The van der Waals surface area contributed by atoms with Gasteiger partial charge in [0.15, 0.2) is 0 Å². The molecular weight excluding hydrogens is 254 g/mol. The van der Waals surface area contributed by atoms with Gasteiger partial charge in [-0.15, -0.1) is 11.3 Å². The minimum absolute atomic E-state index is 0.490. The summed E-state index contributed by atoms with van der Waals surface area (Å²) in [6, 6.07) is 2.65. The molecule has 1 heterocycles. The molecular formula is C16H29NOS. The molecule has 1 rings (SSSR count). The van der Waals surface area contributed by atoms with Crippen LogP contribution in [0.2, 0.25) is 0 Å². The van der Waals surface area contributed by atoms with E-state index in [-0.39, 0.29) is 0 Å². The summed E-state index contributed by atoms with van der Waals surface area (Å²) >= 11 is 1.79. The Hall–Kier alpha value is -0.540. The van der Waals surface area contributed by atoms with E-state index in [1.54, 1.807) is 18.4 Å². The highest BCUT2D eigenvalue weighted by Crippen LogP contribution is 2.29. The van der Waals surface area contributed by atoms with E-state index < -0.39 is 0 Å². The Morgan fingerprint density at radius 2 is 1.84 bits per heavy atom. The van der Waals surface area contributed by atoms with Gasteiger partial charge in [-0.05, 0) is 19.5 Å². The van der Waals surface area contributed by atoms with Gasteiger partial charge in [0.05, 0.1) is 7.11 Å². The van der Waals surface area contributed by atoms with Crippen molar-refractivity contribution in [3.05, 3.63) is 16.3 Å². The van der Waals surface area contributed by atoms with Gasteiger partial charge < -0.3 is 10.1 Å². The third-order valence-corrected chi connectivity index (χ3v) is 4.64. The zero-order valence-corrected chi connectivity index (χ0v) is 13.5. The monoisotopic (exact) mass is 283 g/mol. The van der Waals surface area contributed by atoms with Crippen molar-refractivity contribution in [2.24, 2.45) is 0 Å². The molecule has 0 fully saturated rings. The number of nitrogens with one attached hydrogen (secondary N) is 1. The molecule has 0 aliphatic carbocycles. The third-order valence-electron chi connectivity index (χ3n) is 3.62. The van der Waals surface area contributed by atoms with Crippen molar-refractivity contribution in [2.75, 3.05) is 14.2 Å². The van der Waals surface area contributed by atoms with Crippen LogP contribution in [0.25, 0.3) is 0 Å². The standard InChI is InChI=1S/C16H29NOS/c1-4-5-6-7-8-9-10-11-15(17-2)16-12-14(18-3)13-19-16/h12-13,15,17H,4-11H2,1-3H3. The van der Waals surface area contributed by atoms with E-state index in [0.29, 0.717) is 6.04 Å². The predicted octanol–water partition coefficient (Wildman–Crippen LogP) is 5.16. The number of unbranched alkanes of at least 4 members (excludes halogenated alkanes) is 6. The lowest BCUT2D eigenvalue weighted by molar-refractivity contribution is 0.415. The first-order chi connectivity index (χ1) is 9.31. The fourth-order valence-electron chi connectivity index (χ4n) is 2.36. The summed E-state index contributed by atoms with van der Waals surface area (Å²) in [6.45, 7) is 2.27. The van der Waals surface area contributed by atoms with Gasteiger partial charge in [0.25, 0.3) is 0 Å². The molecule has 3 heteroatoms. The van der Waals surface area contributed by atoms with E-state index in [4.69, 9.17) is 4.74 Å². The van der Waals surface area contributed by atoms with Gasteiger partial charge in [0, 0.05) is 16.3 Å². The van der Waals surface area contributed by atoms with E-state index in [9.17, 15) is 0 Å². The number of methoxy groups -OCH3 is 1. The molecule has 1 N–H and O–H groups in total. The van der Waals surface area contributed by atoms with Crippen LogP contribution in [0.5, 0.6) is 5.75 Å². The van der Waals surface area contributed by atoms with Gasteiger partial charge >= 0.3 is 0 Å². The zero-order chi connectivity index (χ0) is 13.9. The maximum atomic E-state index is 5.25. The molecule has 2 nitrogen and oxygen atoms in total. The van der Waals surface area contributed by atoms with Crippen LogP contribution in [0.15, 0.2) is 11.4 Å². The van der Waals surface area contributed by atoms with Crippen molar-refractivity contribution in [3.63, 3.8) is 0 Å². The second-order valence-corrected chi connectivity index (χ2v) is 6.08.